The lowest BCUT2D eigenvalue weighted by Gasteiger charge is -2.18. The maximum absolute atomic E-state index is 12.3. The summed E-state index contributed by atoms with van der Waals surface area (Å²) in [6.45, 7) is 1.04. The lowest BCUT2D eigenvalue weighted by Crippen LogP contribution is -2.17. The van der Waals surface area contributed by atoms with Gasteiger partial charge >= 0.3 is 0 Å². The molecule has 0 unspecified atom stereocenters. The van der Waals surface area contributed by atoms with Gasteiger partial charge < -0.3 is 14.8 Å². The first kappa shape index (κ1) is 13.9. The van der Waals surface area contributed by atoms with Crippen molar-refractivity contribution in [1.29, 1.82) is 0 Å². The Morgan fingerprint density at radius 1 is 1.10 bits per heavy atom. The Balaban J connectivity index is 1.82. The van der Waals surface area contributed by atoms with E-state index in [1.807, 2.05) is 24.3 Å². The maximum Gasteiger partial charge on any atom is 0.255 e. The highest BCUT2D eigenvalue weighted by Gasteiger charge is 2.15. The third-order valence-corrected chi connectivity index (χ3v) is 3.82. The Morgan fingerprint density at radius 2 is 1.86 bits per heavy atom. The summed E-state index contributed by atoms with van der Waals surface area (Å²) in [5.41, 5.74) is 2.38. The van der Waals surface area contributed by atoms with Crippen LogP contribution in [0.2, 0.25) is 0 Å². The molecule has 0 fully saturated rings. The zero-order valence-corrected chi connectivity index (χ0v) is 12.9. The SMILES string of the molecule is O=C(Nc1ccccc1CBr)c1ccc2c(c1)OCCO2. The van der Waals surface area contributed by atoms with Gasteiger partial charge in [-0.15, -0.1) is 0 Å². The van der Waals surface area contributed by atoms with Gasteiger partial charge in [-0.25, -0.2) is 0 Å². The van der Waals surface area contributed by atoms with E-state index in [0.29, 0.717) is 35.6 Å². The van der Waals surface area contributed by atoms with Gasteiger partial charge in [0.1, 0.15) is 13.2 Å². The topological polar surface area (TPSA) is 47.6 Å². The number of carbonyl (C=O) groups is 1. The molecule has 0 spiro atoms. The van der Waals surface area contributed by atoms with Crippen LogP contribution in [0, 0.1) is 0 Å². The second kappa shape index (κ2) is 6.18. The minimum Gasteiger partial charge on any atom is -0.486 e. The summed E-state index contributed by atoms with van der Waals surface area (Å²) >= 11 is 3.42. The number of nitrogens with one attached hydrogen (secondary N) is 1. The third kappa shape index (κ3) is 3.03. The van der Waals surface area contributed by atoms with E-state index < -0.39 is 0 Å². The largest absolute Gasteiger partial charge is 0.486 e. The van der Waals surface area contributed by atoms with E-state index >= 15 is 0 Å². The van der Waals surface area contributed by atoms with Gasteiger partial charge in [-0.3, -0.25) is 4.79 Å². The van der Waals surface area contributed by atoms with Crippen LogP contribution in [0.5, 0.6) is 11.5 Å². The summed E-state index contributed by atoms with van der Waals surface area (Å²) in [7, 11) is 0. The molecule has 0 radical (unpaired) electrons. The summed E-state index contributed by atoms with van der Waals surface area (Å²) in [5, 5.41) is 3.60. The summed E-state index contributed by atoms with van der Waals surface area (Å²) in [6.07, 6.45) is 0. The van der Waals surface area contributed by atoms with Crippen molar-refractivity contribution in [3.05, 3.63) is 53.6 Å². The predicted octanol–water partition coefficient (Wildman–Crippen LogP) is 3.61. The Hall–Kier alpha value is -2.01. The monoisotopic (exact) mass is 347 g/mol. The molecule has 2 aromatic rings. The Kier molecular flexibility index (Phi) is 4.10. The fraction of sp³-hybridized carbons (Fsp3) is 0.188. The first-order valence-corrected chi connectivity index (χ1v) is 7.75. The van der Waals surface area contributed by atoms with Crippen molar-refractivity contribution in [2.24, 2.45) is 0 Å². The van der Waals surface area contributed by atoms with Gasteiger partial charge in [-0.1, -0.05) is 34.1 Å². The van der Waals surface area contributed by atoms with Crippen LogP contribution in [0.25, 0.3) is 0 Å². The molecule has 1 N–H and O–H groups in total. The minimum atomic E-state index is -0.166. The van der Waals surface area contributed by atoms with E-state index in [4.69, 9.17) is 9.47 Å². The molecular formula is C16H14BrNO3. The molecule has 4 nitrogen and oxygen atoms in total. The zero-order valence-electron chi connectivity index (χ0n) is 11.3. The first-order chi connectivity index (χ1) is 10.3. The Morgan fingerprint density at radius 3 is 2.67 bits per heavy atom. The van der Waals surface area contributed by atoms with Gasteiger partial charge in [0.05, 0.1) is 0 Å². The number of alkyl halides is 1. The second-order valence-corrected chi connectivity index (χ2v) is 5.16. The summed E-state index contributed by atoms with van der Waals surface area (Å²) < 4.78 is 10.9. The summed E-state index contributed by atoms with van der Waals surface area (Å²) in [5.74, 6) is 1.13. The molecule has 1 heterocycles. The highest BCUT2D eigenvalue weighted by atomic mass is 79.9. The molecule has 0 aromatic heterocycles. The quantitative estimate of drug-likeness (QED) is 0.862. The smallest absolute Gasteiger partial charge is 0.255 e. The molecule has 1 aliphatic rings. The number of fused-ring (bicyclic) bond motifs is 1. The van der Waals surface area contributed by atoms with Gasteiger partial charge in [0.15, 0.2) is 11.5 Å². The third-order valence-electron chi connectivity index (χ3n) is 3.21. The van der Waals surface area contributed by atoms with Crippen molar-refractivity contribution in [1.82, 2.24) is 0 Å². The van der Waals surface area contributed by atoms with Gasteiger partial charge in [0.25, 0.3) is 5.91 Å². The molecule has 0 atom stereocenters. The van der Waals surface area contributed by atoms with Crippen LogP contribution in [-0.2, 0) is 5.33 Å². The number of para-hydroxylation sites is 1. The van der Waals surface area contributed by atoms with Gasteiger partial charge in [-0.05, 0) is 29.8 Å². The van der Waals surface area contributed by atoms with Crippen LogP contribution in [0.1, 0.15) is 15.9 Å². The van der Waals surface area contributed by atoms with Crippen molar-refractivity contribution < 1.29 is 14.3 Å². The van der Waals surface area contributed by atoms with Gasteiger partial charge in [0.2, 0.25) is 0 Å². The van der Waals surface area contributed by atoms with E-state index in [1.165, 1.54) is 0 Å². The number of hydrogen-bond donors (Lipinski definition) is 1. The van der Waals surface area contributed by atoms with E-state index in [1.54, 1.807) is 18.2 Å². The normalized spacial score (nSPS) is 12.8. The lowest BCUT2D eigenvalue weighted by molar-refractivity contribution is 0.102. The van der Waals surface area contributed by atoms with Crippen LogP contribution in [0.15, 0.2) is 42.5 Å². The number of hydrogen-bond acceptors (Lipinski definition) is 3. The van der Waals surface area contributed by atoms with Crippen LogP contribution in [0.4, 0.5) is 5.69 Å². The molecule has 1 aliphatic heterocycles. The number of amides is 1. The van der Waals surface area contributed by atoms with Crippen LogP contribution in [-0.4, -0.2) is 19.1 Å². The van der Waals surface area contributed by atoms with Gasteiger partial charge in [0, 0.05) is 16.6 Å². The summed E-state index contributed by atoms with van der Waals surface area (Å²) in [6, 6.07) is 12.9. The molecule has 0 saturated carbocycles. The molecule has 3 rings (SSSR count). The van der Waals surface area contributed by atoms with E-state index in [0.717, 1.165) is 11.3 Å². The molecular weight excluding hydrogens is 334 g/mol. The molecule has 5 heteroatoms. The van der Waals surface area contributed by atoms with Crippen molar-refractivity contribution in [3.63, 3.8) is 0 Å². The molecule has 1 amide bonds. The van der Waals surface area contributed by atoms with Crippen molar-refractivity contribution in [2.45, 2.75) is 5.33 Å². The standard InChI is InChI=1S/C16H14BrNO3/c17-10-12-3-1-2-4-13(12)18-16(19)11-5-6-14-15(9-11)21-8-7-20-14/h1-6,9H,7-8,10H2,(H,18,19). The molecule has 2 aromatic carbocycles. The van der Waals surface area contributed by atoms with Crippen LogP contribution >= 0.6 is 15.9 Å². The maximum atomic E-state index is 12.3. The first-order valence-electron chi connectivity index (χ1n) is 6.63. The number of halogens is 1. The summed E-state index contributed by atoms with van der Waals surface area (Å²) in [4.78, 5) is 12.3. The number of benzene rings is 2. The molecule has 21 heavy (non-hydrogen) atoms. The fourth-order valence-corrected chi connectivity index (χ4v) is 2.63. The Bertz CT molecular complexity index is 672. The van der Waals surface area contributed by atoms with Crippen LogP contribution in [0.3, 0.4) is 0 Å². The molecule has 0 bridgehead atoms. The predicted molar refractivity (Wildman–Crippen MR) is 84.5 cm³/mol. The zero-order chi connectivity index (χ0) is 14.7. The van der Waals surface area contributed by atoms with Crippen molar-refractivity contribution in [2.75, 3.05) is 18.5 Å². The average molecular weight is 348 g/mol. The molecule has 0 saturated heterocycles. The number of rotatable bonds is 3. The molecule has 0 aliphatic carbocycles. The number of ether oxygens (including phenoxy) is 2. The average Bonchev–Trinajstić information content (AvgIpc) is 2.55. The van der Waals surface area contributed by atoms with Crippen molar-refractivity contribution in [3.8, 4) is 11.5 Å². The second-order valence-electron chi connectivity index (χ2n) is 4.60. The molecule has 108 valence electrons. The van der Waals surface area contributed by atoms with Crippen molar-refractivity contribution >= 4 is 27.5 Å². The van der Waals surface area contributed by atoms with E-state index in [-0.39, 0.29) is 5.91 Å². The highest BCUT2D eigenvalue weighted by Crippen LogP contribution is 2.31. The number of carbonyl (C=O) groups excluding carboxylic acids is 1. The fourth-order valence-electron chi connectivity index (χ4n) is 2.14. The minimum absolute atomic E-state index is 0.166. The number of anilines is 1. The Labute approximate surface area is 131 Å². The highest BCUT2D eigenvalue weighted by molar-refractivity contribution is 9.08. The van der Waals surface area contributed by atoms with E-state index in [9.17, 15) is 4.79 Å². The van der Waals surface area contributed by atoms with Crippen LogP contribution < -0.4 is 14.8 Å². The lowest BCUT2D eigenvalue weighted by atomic mass is 10.1. The van der Waals surface area contributed by atoms with E-state index in [2.05, 4.69) is 21.2 Å². The van der Waals surface area contributed by atoms with Gasteiger partial charge in [-0.2, -0.15) is 0 Å².